The number of hydrogen-bond donors (Lipinski definition) is 1. The average molecular weight is 473 g/mol. The number of hydrogen-bond acceptors (Lipinski definition) is 9. The predicted octanol–water partition coefficient (Wildman–Crippen LogP) is -0.436. The number of carbonyl (C=O) groups is 3. The summed E-state index contributed by atoms with van der Waals surface area (Å²) in [5, 5.41) is 0. The zero-order valence-corrected chi connectivity index (χ0v) is 17.2. The van der Waals surface area contributed by atoms with E-state index in [1.54, 1.807) is 0 Å². The molecule has 1 aromatic heterocycles. The molecule has 1 aromatic rings. The number of rotatable bonds is 5. The van der Waals surface area contributed by atoms with Crippen LogP contribution < -0.4 is 11.2 Å². The second kappa shape index (κ2) is 9.53. The molecule has 1 aliphatic rings. The standard InChI is InChI=1S/C17H17BrN2O9/c1-8(21)26-7-12-13(27-9(2)22)14(28-10(3)23)16(29-12)20-6-11(4-5-18)15(24)19-17(20)25/h6,12-14,16H,7H2,1-3H3,(H,19,24,25)/t12-,13-,14-,16-/m1/s1. The lowest BCUT2D eigenvalue weighted by Crippen LogP contribution is -2.42. The van der Waals surface area contributed by atoms with Crippen LogP contribution in [0.5, 0.6) is 0 Å². The van der Waals surface area contributed by atoms with E-state index < -0.39 is 53.7 Å². The van der Waals surface area contributed by atoms with Crippen molar-refractivity contribution < 1.29 is 33.3 Å². The van der Waals surface area contributed by atoms with Crippen LogP contribution in [0.15, 0.2) is 15.8 Å². The first-order chi connectivity index (χ1) is 13.6. The molecule has 1 saturated heterocycles. The van der Waals surface area contributed by atoms with Gasteiger partial charge in [-0.05, 0) is 10.8 Å². The van der Waals surface area contributed by atoms with Crippen LogP contribution in [0, 0.1) is 10.8 Å². The van der Waals surface area contributed by atoms with E-state index in [4.69, 9.17) is 18.9 Å². The topological polar surface area (TPSA) is 143 Å². The van der Waals surface area contributed by atoms with Crippen LogP contribution in [-0.4, -0.2) is 52.4 Å². The lowest BCUT2D eigenvalue weighted by molar-refractivity contribution is -0.166. The summed E-state index contributed by atoms with van der Waals surface area (Å²) in [4.78, 5) is 63.0. The molecular weight excluding hydrogens is 456 g/mol. The third-order valence-electron chi connectivity index (χ3n) is 3.76. The van der Waals surface area contributed by atoms with Gasteiger partial charge in [0.1, 0.15) is 18.3 Å². The minimum Gasteiger partial charge on any atom is -0.463 e. The first kappa shape index (κ1) is 22.4. The van der Waals surface area contributed by atoms with Gasteiger partial charge in [0.15, 0.2) is 18.4 Å². The summed E-state index contributed by atoms with van der Waals surface area (Å²) < 4.78 is 22.0. The highest BCUT2D eigenvalue weighted by atomic mass is 79.9. The highest BCUT2D eigenvalue weighted by Gasteiger charge is 2.51. The molecule has 0 unspecified atom stereocenters. The minimum atomic E-state index is -1.29. The summed E-state index contributed by atoms with van der Waals surface area (Å²) in [5.41, 5.74) is -1.67. The quantitative estimate of drug-likeness (QED) is 0.342. The van der Waals surface area contributed by atoms with Crippen LogP contribution >= 0.6 is 15.9 Å². The molecule has 156 valence electrons. The van der Waals surface area contributed by atoms with Crippen LogP contribution in [0.1, 0.15) is 32.6 Å². The molecule has 1 N–H and O–H groups in total. The van der Waals surface area contributed by atoms with Crippen molar-refractivity contribution in [1.82, 2.24) is 9.55 Å². The van der Waals surface area contributed by atoms with Gasteiger partial charge in [0, 0.05) is 42.9 Å². The number of H-pyrrole nitrogens is 1. The predicted molar refractivity (Wildman–Crippen MR) is 98.8 cm³/mol. The van der Waals surface area contributed by atoms with E-state index in [9.17, 15) is 24.0 Å². The molecule has 0 radical (unpaired) electrons. The first-order valence-electron chi connectivity index (χ1n) is 8.24. The molecule has 1 aliphatic heterocycles. The molecule has 0 aromatic carbocycles. The van der Waals surface area contributed by atoms with Crippen LogP contribution in [0.4, 0.5) is 0 Å². The maximum absolute atomic E-state index is 12.4. The van der Waals surface area contributed by atoms with Gasteiger partial charge in [-0.1, -0.05) is 0 Å². The third kappa shape index (κ3) is 5.55. The normalized spacial score (nSPS) is 22.9. The lowest BCUT2D eigenvalue weighted by Gasteiger charge is -2.23. The highest BCUT2D eigenvalue weighted by molar-refractivity contribution is 9.12. The molecule has 11 nitrogen and oxygen atoms in total. The van der Waals surface area contributed by atoms with Gasteiger partial charge in [-0.2, -0.15) is 0 Å². The molecule has 0 saturated carbocycles. The SMILES string of the molecule is CC(=O)OC[C@H]1O[C@@H](n2cc(C#CBr)c(=O)[nH]c2=O)[C@H](OC(C)=O)[C@@H]1OC(C)=O. The number of ether oxygens (including phenoxy) is 4. The van der Waals surface area contributed by atoms with Gasteiger partial charge in [0.05, 0.1) is 0 Å². The first-order valence-corrected chi connectivity index (χ1v) is 9.03. The fourth-order valence-corrected chi connectivity index (χ4v) is 2.94. The molecule has 29 heavy (non-hydrogen) atoms. The Morgan fingerprint density at radius 2 is 1.76 bits per heavy atom. The van der Waals surface area contributed by atoms with Gasteiger partial charge in [0.2, 0.25) is 0 Å². The van der Waals surface area contributed by atoms with E-state index >= 15 is 0 Å². The van der Waals surface area contributed by atoms with Crippen molar-refractivity contribution >= 4 is 33.8 Å². The van der Waals surface area contributed by atoms with Gasteiger partial charge in [0.25, 0.3) is 5.56 Å². The number of esters is 3. The molecule has 1 fully saturated rings. The van der Waals surface area contributed by atoms with Gasteiger partial charge in [-0.3, -0.25) is 28.7 Å². The van der Waals surface area contributed by atoms with E-state index in [1.165, 1.54) is 6.92 Å². The average Bonchev–Trinajstić information content (AvgIpc) is 2.92. The number of nitrogens with zero attached hydrogens (tertiary/aromatic N) is 1. The monoisotopic (exact) mass is 472 g/mol. The molecule has 4 atom stereocenters. The van der Waals surface area contributed by atoms with E-state index in [1.807, 2.05) is 0 Å². The smallest absolute Gasteiger partial charge is 0.330 e. The number of halogens is 1. The molecular formula is C17H17BrN2O9. The molecule has 0 bridgehead atoms. The van der Waals surface area contributed by atoms with Crippen LogP contribution in [0.3, 0.4) is 0 Å². The Kier molecular flexibility index (Phi) is 7.35. The Hall–Kier alpha value is -2.91. The number of aromatic nitrogens is 2. The van der Waals surface area contributed by atoms with Crippen molar-refractivity contribution in [2.75, 3.05) is 6.61 Å². The van der Waals surface area contributed by atoms with Crippen molar-refractivity contribution in [3.8, 4) is 10.8 Å². The molecule has 2 heterocycles. The minimum absolute atomic E-state index is 0.0703. The fourth-order valence-electron chi connectivity index (χ4n) is 2.73. The van der Waals surface area contributed by atoms with E-state index in [-0.39, 0.29) is 12.2 Å². The zero-order valence-electron chi connectivity index (χ0n) is 15.6. The summed E-state index contributed by atoms with van der Waals surface area (Å²) in [7, 11) is 0. The Bertz CT molecular complexity index is 987. The van der Waals surface area contributed by atoms with Gasteiger partial charge >= 0.3 is 23.6 Å². The lowest BCUT2D eigenvalue weighted by atomic mass is 10.1. The van der Waals surface area contributed by atoms with Crippen molar-refractivity contribution in [3.63, 3.8) is 0 Å². The molecule has 0 aliphatic carbocycles. The maximum Gasteiger partial charge on any atom is 0.330 e. The van der Waals surface area contributed by atoms with Crippen LogP contribution in [0.2, 0.25) is 0 Å². The van der Waals surface area contributed by atoms with Gasteiger partial charge in [-0.25, -0.2) is 4.79 Å². The van der Waals surface area contributed by atoms with E-state index in [0.29, 0.717) is 0 Å². The number of nitrogens with one attached hydrogen (secondary N) is 1. The van der Waals surface area contributed by atoms with Crippen LogP contribution in [-0.2, 0) is 33.3 Å². The third-order valence-corrected chi connectivity index (χ3v) is 3.96. The molecule has 0 amide bonds. The van der Waals surface area contributed by atoms with Crippen molar-refractivity contribution in [3.05, 3.63) is 32.6 Å². The maximum atomic E-state index is 12.4. The number of aromatic amines is 1. The number of carbonyl (C=O) groups excluding carboxylic acids is 3. The van der Waals surface area contributed by atoms with Crippen molar-refractivity contribution in [2.24, 2.45) is 0 Å². The molecule has 0 spiro atoms. The van der Waals surface area contributed by atoms with Gasteiger partial charge < -0.3 is 18.9 Å². The summed E-state index contributed by atoms with van der Waals surface area (Å²) in [6.07, 6.45) is -3.64. The van der Waals surface area contributed by atoms with Crippen LogP contribution in [0.25, 0.3) is 0 Å². The Morgan fingerprint density at radius 1 is 1.14 bits per heavy atom. The second-order valence-corrected chi connectivity index (χ2v) is 6.34. The Balaban J connectivity index is 2.53. The van der Waals surface area contributed by atoms with E-state index in [2.05, 4.69) is 31.7 Å². The Morgan fingerprint density at radius 3 is 2.31 bits per heavy atom. The zero-order chi connectivity index (χ0) is 21.7. The summed E-state index contributed by atoms with van der Waals surface area (Å²) in [5.74, 6) is 0.416. The summed E-state index contributed by atoms with van der Waals surface area (Å²) in [6, 6.07) is 0. The van der Waals surface area contributed by atoms with Crippen molar-refractivity contribution in [2.45, 2.75) is 45.3 Å². The highest BCUT2D eigenvalue weighted by Crippen LogP contribution is 2.33. The molecule has 12 heteroatoms. The van der Waals surface area contributed by atoms with E-state index in [0.717, 1.165) is 24.6 Å². The fraction of sp³-hybridized carbons (Fsp3) is 0.471. The summed E-state index contributed by atoms with van der Waals surface area (Å²) in [6.45, 7) is 3.11. The molecule has 2 rings (SSSR count). The largest absolute Gasteiger partial charge is 0.463 e. The summed E-state index contributed by atoms with van der Waals surface area (Å²) >= 11 is 2.86. The van der Waals surface area contributed by atoms with Gasteiger partial charge in [-0.15, -0.1) is 0 Å². The van der Waals surface area contributed by atoms with Crippen molar-refractivity contribution in [1.29, 1.82) is 0 Å². The second-order valence-electron chi connectivity index (χ2n) is 5.94. The Labute approximate surface area is 172 Å².